The first-order valence-electron chi connectivity index (χ1n) is 8.00. The molecule has 3 aromatic rings. The van der Waals surface area contributed by atoms with E-state index in [-0.39, 0.29) is 11.9 Å². The number of carbonyl (C=O) groups is 1. The summed E-state index contributed by atoms with van der Waals surface area (Å²) in [5.41, 5.74) is 3.15. The molecule has 1 aromatic heterocycles. The first-order valence-corrected chi connectivity index (χ1v) is 8.00. The number of hydrogen-bond donors (Lipinski definition) is 2. The zero-order valence-corrected chi connectivity index (χ0v) is 13.3. The molecular formula is C19H21N3O. The van der Waals surface area contributed by atoms with Crippen LogP contribution in [0.3, 0.4) is 0 Å². The van der Waals surface area contributed by atoms with E-state index in [1.165, 1.54) is 0 Å². The van der Waals surface area contributed by atoms with Gasteiger partial charge in [0, 0.05) is 12.8 Å². The molecule has 1 amide bonds. The highest BCUT2D eigenvalue weighted by atomic mass is 16.1. The van der Waals surface area contributed by atoms with Crippen LogP contribution in [0.5, 0.6) is 0 Å². The monoisotopic (exact) mass is 307 g/mol. The van der Waals surface area contributed by atoms with Crippen molar-refractivity contribution < 1.29 is 4.79 Å². The Kier molecular flexibility index (Phi) is 4.71. The second kappa shape index (κ2) is 7.09. The Labute approximate surface area is 136 Å². The van der Waals surface area contributed by atoms with Gasteiger partial charge in [0.05, 0.1) is 17.1 Å². The Hall–Kier alpha value is -2.62. The van der Waals surface area contributed by atoms with Gasteiger partial charge < -0.3 is 10.3 Å². The third-order valence-corrected chi connectivity index (χ3v) is 3.93. The largest absolute Gasteiger partial charge is 0.350 e. The highest BCUT2D eigenvalue weighted by molar-refractivity contribution is 5.76. The van der Waals surface area contributed by atoms with Gasteiger partial charge in [0.25, 0.3) is 0 Å². The summed E-state index contributed by atoms with van der Waals surface area (Å²) < 4.78 is 0. The van der Waals surface area contributed by atoms with Crippen LogP contribution in [-0.2, 0) is 11.2 Å². The molecule has 0 saturated heterocycles. The summed E-state index contributed by atoms with van der Waals surface area (Å²) in [6.45, 7) is 2.01. The average molecular weight is 307 g/mol. The lowest BCUT2D eigenvalue weighted by Crippen LogP contribution is -2.26. The molecule has 0 aliphatic rings. The fraction of sp³-hybridized carbons (Fsp3) is 0.263. The molecule has 118 valence electrons. The van der Waals surface area contributed by atoms with Gasteiger partial charge >= 0.3 is 0 Å². The number of benzene rings is 2. The second-order valence-corrected chi connectivity index (χ2v) is 5.75. The summed E-state index contributed by atoms with van der Waals surface area (Å²) in [7, 11) is 0. The molecule has 0 aliphatic heterocycles. The number of H-pyrrole nitrogens is 1. The number of para-hydroxylation sites is 2. The Bertz CT molecular complexity index is 746. The molecule has 23 heavy (non-hydrogen) atoms. The molecule has 0 spiro atoms. The standard InChI is InChI=1S/C19H21N3O/c1-14(15-8-3-2-4-9-15)20-19(23)13-7-12-18-21-16-10-5-6-11-17(16)22-18/h2-6,8-11,14H,7,12-13H2,1H3,(H,20,23)(H,21,22). The van der Waals surface area contributed by atoms with Crippen molar-refractivity contribution in [2.24, 2.45) is 0 Å². The lowest BCUT2D eigenvalue weighted by molar-refractivity contribution is -0.121. The van der Waals surface area contributed by atoms with E-state index < -0.39 is 0 Å². The molecule has 0 fully saturated rings. The topological polar surface area (TPSA) is 57.8 Å². The fourth-order valence-electron chi connectivity index (χ4n) is 2.68. The van der Waals surface area contributed by atoms with Gasteiger partial charge in [-0.15, -0.1) is 0 Å². The lowest BCUT2D eigenvalue weighted by Gasteiger charge is -2.14. The number of aromatic amines is 1. The van der Waals surface area contributed by atoms with Crippen molar-refractivity contribution in [2.45, 2.75) is 32.2 Å². The summed E-state index contributed by atoms with van der Waals surface area (Å²) in [5.74, 6) is 1.02. The van der Waals surface area contributed by atoms with Crippen molar-refractivity contribution in [3.63, 3.8) is 0 Å². The van der Waals surface area contributed by atoms with E-state index in [9.17, 15) is 4.79 Å². The predicted molar refractivity (Wildman–Crippen MR) is 92.0 cm³/mol. The Balaban J connectivity index is 1.47. The van der Waals surface area contributed by atoms with Crippen LogP contribution in [-0.4, -0.2) is 15.9 Å². The van der Waals surface area contributed by atoms with Crippen molar-refractivity contribution in [1.82, 2.24) is 15.3 Å². The van der Waals surface area contributed by atoms with Crippen LogP contribution in [0.4, 0.5) is 0 Å². The third-order valence-electron chi connectivity index (χ3n) is 3.93. The molecule has 0 radical (unpaired) electrons. The summed E-state index contributed by atoms with van der Waals surface area (Å²) >= 11 is 0. The van der Waals surface area contributed by atoms with Gasteiger partial charge in [-0.25, -0.2) is 4.98 Å². The van der Waals surface area contributed by atoms with Crippen molar-refractivity contribution >= 4 is 16.9 Å². The van der Waals surface area contributed by atoms with Crippen molar-refractivity contribution in [2.75, 3.05) is 0 Å². The smallest absolute Gasteiger partial charge is 0.220 e. The number of nitrogens with zero attached hydrogens (tertiary/aromatic N) is 1. The van der Waals surface area contributed by atoms with Gasteiger partial charge in [0.2, 0.25) is 5.91 Å². The average Bonchev–Trinajstić information content (AvgIpc) is 2.98. The van der Waals surface area contributed by atoms with E-state index in [0.717, 1.165) is 35.3 Å². The first kappa shape index (κ1) is 15.3. The molecule has 0 aliphatic carbocycles. The summed E-state index contributed by atoms with van der Waals surface area (Å²) in [4.78, 5) is 19.9. The zero-order chi connectivity index (χ0) is 16.1. The van der Waals surface area contributed by atoms with E-state index >= 15 is 0 Å². The van der Waals surface area contributed by atoms with E-state index in [1.54, 1.807) is 0 Å². The van der Waals surface area contributed by atoms with Gasteiger partial charge in [0.1, 0.15) is 5.82 Å². The molecule has 2 N–H and O–H groups in total. The number of aromatic nitrogens is 2. The molecule has 4 nitrogen and oxygen atoms in total. The molecule has 1 unspecified atom stereocenters. The summed E-state index contributed by atoms with van der Waals surface area (Å²) in [6.07, 6.45) is 2.07. The summed E-state index contributed by atoms with van der Waals surface area (Å²) in [5, 5.41) is 3.04. The van der Waals surface area contributed by atoms with E-state index in [4.69, 9.17) is 0 Å². The maximum absolute atomic E-state index is 12.0. The molecule has 2 aromatic carbocycles. The van der Waals surface area contributed by atoms with Crippen LogP contribution in [0, 0.1) is 0 Å². The van der Waals surface area contributed by atoms with Crippen LogP contribution >= 0.6 is 0 Å². The number of fused-ring (bicyclic) bond motifs is 1. The van der Waals surface area contributed by atoms with E-state index in [1.807, 2.05) is 61.5 Å². The fourth-order valence-corrected chi connectivity index (χ4v) is 2.68. The van der Waals surface area contributed by atoms with Crippen LogP contribution in [0.15, 0.2) is 54.6 Å². The van der Waals surface area contributed by atoms with E-state index in [2.05, 4.69) is 15.3 Å². The number of carbonyl (C=O) groups excluding carboxylic acids is 1. The number of rotatable bonds is 6. The van der Waals surface area contributed by atoms with E-state index in [0.29, 0.717) is 6.42 Å². The van der Waals surface area contributed by atoms with Crippen LogP contribution in [0.2, 0.25) is 0 Å². The Morgan fingerprint density at radius 3 is 2.65 bits per heavy atom. The van der Waals surface area contributed by atoms with Crippen molar-refractivity contribution in [3.8, 4) is 0 Å². The minimum absolute atomic E-state index is 0.0369. The molecule has 4 heteroatoms. The Morgan fingerprint density at radius 1 is 1.13 bits per heavy atom. The highest BCUT2D eigenvalue weighted by Gasteiger charge is 2.09. The minimum atomic E-state index is 0.0369. The number of imidazole rings is 1. The Morgan fingerprint density at radius 2 is 1.87 bits per heavy atom. The molecule has 0 bridgehead atoms. The number of amides is 1. The molecular weight excluding hydrogens is 286 g/mol. The van der Waals surface area contributed by atoms with Gasteiger partial charge in [-0.1, -0.05) is 42.5 Å². The van der Waals surface area contributed by atoms with Gasteiger partial charge in [0.15, 0.2) is 0 Å². The maximum atomic E-state index is 12.0. The summed E-state index contributed by atoms with van der Waals surface area (Å²) in [6, 6.07) is 18.0. The lowest BCUT2D eigenvalue weighted by atomic mass is 10.1. The minimum Gasteiger partial charge on any atom is -0.350 e. The quantitative estimate of drug-likeness (QED) is 0.728. The van der Waals surface area contributed by atoms with Crippen LogP contribution in [0.25, 0.3) is 11.0 Å². The molecule has 0 saturated carbocycles. The predicted octanol–water partition coefficient (Wildman–Crippen LogP) is 3.76. The number of hydrogen-bond acceptors (Lipinski definition) is 2. The highest BCUT2D eigenvalue weighted by Crippen LogP contribution is 2.13. The van der Waals surface area contributed by atoms with Crippen molar-refractivity contribution in [3.05, 3.63) is 66.0 Å². The third kappa shape index (κ3) is 3.97. The number of aryl methyl sites for hydroxylation is 1. The van der Waals surface area contributed by atoms with Crippen LogP contribution < -0.4 is 5.32 Å². The van der Waals surface area contributed by atoms with Crippen molar-refractivity contribution in [1.29, 1.82) is 0 Å². The maximum Gasteiger partial charge on any atom is 0.220 e. The molecule has 1 heterocycles. The normalized spacial score (nSPS) is 12.2. The van der Waals surface area contributed by atoms with Gasteiger partial charge in [-0.2, -0.15) is 0 Å². The SMILES string of the molecule is CC(NC(=O)CCCc1nc2ccccc2[nH]1)c1ccccc1. The molecule has 3 rings (SSSR count). The zero-order valence-electron chi connectivity index (χ0n) is 13.3. The second-order valence-electron chi connectivity index (χ2n) is 5.75. The van der Waals surface area contributed by atoms with Gasteiger partial charge in [-0.3, -0.25) is 4.79 Å². The van der Waals surface area contributed by atoms with Crippen LogP contribution in [0.1, 0.15) is 37.2 Å². The number of nitrogens with one attached hydrogen (secondary N) is 2. The molecule has 1 atom stereocenters. The van der Waals surface area contributed by atoms with Gasteiger partial charge in [-0.05, 0) is 31.0 Å². The first-order chi connectivity index (χ1) is 11.2.